The summed E-state index contributed by atoms with van der Waals surface area (Å²) in [5.41, 5.74) is 7.58. The molecule has 0 aromatic carbocycles. The quantitative estimate of drug-likeness (QED) is 0.290. The number of nitrogens with zero attached hydrogens (tertiary/aromatic N) is 6. The van der Waals surface area contributed by atoms with E-state index in [0.717, 1.165) is 11.3 Å². The number of likely N-dealkylation sites (N-methyl/N-ethyl adjacent to an activating group) is 1. The predicted molar refractivity (Wildman–Crippen MR) is 160 cm³/mol. The number of primary amides is 1. The summed E-state index contributed by atoms with van der Waals surface area (Å²) in [6.07, 6.45) is 9.05. The second-order valence-electron chi connectivity index (χ2n) is 11.1. The van der Waals surface area contributed by atoms with Crippen molar-refractivity contribution in [3.05, 3.63) is 54.4 Å². The molecule has 3 atom stereocenters. The highest BCUT2D eigenvalue weighted by molar-refractivity contribution is 7.93. The summed E-state index contributed by atoms with van der Waals surface area (Å²) in [7, 11) is 0.119. The zero-order valence-corrected chi connectivity index (χ0v) is 25.5. The van der Waals surface area contributed by atoms with E-state index in [1.54, 1.807) is 31.8 Å². The van der Waals surface area contributed by atoms with E-state index in [2.05, 4.69) is 29.6 Å². The third kappa shape index (κ3) is 6.76. The molecule has 2 saturated carbocycles. The van der Waals surface area contributed by atoms with Crippen LogP contribution in [0.5, 0.6) is 5.88 Å². The van der Waals surface area contributed by atoms with Gasteiger partial charge in [-0.1, -0.05) is 0 Å². The van der Waals surface area contributed by atoms with Crippen LogP contribution >= 0.6 is 0 Å². The molecule has 3 heterocycles. The third-order valence-corrected chi connectivity index (χ3v) is 10.1. The Balaban J connectivity index is 1.48. The van der Waals surface area contributed by atoms with Gasteiger partial charge in [0, 0.05) is 49.3 Å². The Kier molecular flexibility index (Phi) is 9.18. The van der Waals surface area contributed by atoms with Crippen LogP contribution in [0.3, 0.4) is 0 Å². The van der Waals surface area contributed by atoms with Gasteiger partial charge in [0.25, 0.3) is 0 Å². The summed E-state index contributed by atoms with van der Waals surface area (Å²) in [5.74, 6) is -0.339. The maximum Gasteiger partial charge on any atom is 0.237 e. The predicted octanol–water partition coefficient (Wildman–Crippen LogP) is 2.27. The lowest BCUT2D eigenvalue weighted by molar-refractivity contribution is -0.125. The number of ether oxygens (including phenoxy) is 2. The van der Waals surface area contributed by atoms with Crippen LogP contribution in [0.15, 0.2) is 43.0 Å². The first-order valence-corrected chi connectivity index (χ1v) is 16.0. The molecule has 0 bridgehead atoms. The minimum atomic E-state index is -3.58. The van der Waals surface area contributed by atoms with E-state index in [1.807, 2.05) is 26.1 Å². The highest BCUT2D eigenvalue weighted by Crippen LogP contribution is 2.47. The number of methoxy groups -OCH3 is 1. The van der Waals surface area contributed by atoms with Crippen molar-refractivity contribution >= 4 is 21.9 Å². The van der Waals surface area contributed by atoms with Crippen molar-refractivity contribution in [2.45, 2.75) is 61.7 Å². The summed E-state index contributed by atoms with van der Waals surface area (Å²) in [6, 6.07) is 5.56. The second-order valence-corrected chi connectivity index (χ2v) is 13.1. The highest BCUT2D eigenvalue weighted by atomic mass is 32.2. The average Bonchev–Trinajstić information content (AvgIpc) is 3.87. The van der Waals surface area contributed by atoms with Crippen LogP contribution in [0, 0.1) is 0 Å². The molecular formula is C29H38N8O5S. The molecule has 0 radical (unpaired) electrons. The van der Waals surface area contributed by atoms with Gasteiger partial charge in [-0.2, -0.15) is 0 Å². The molecule has 3 aromatic rings. The lowest BCUT2D eigenvalue weighted by atomic mass is 9.64. The van der Waals surface area contributed by atoms with Crippen LogP contribution in [-0.4, -0.2) is 89.4 Å². The summed E-state index contributed by atoms with van der Waals surface area (Å²) in [4.78, 5) is 37.7. The first-order chi connectivity index (χ1) is 20.7. The largest absolute Gasteiger partial charge is 0.477 e. The van der Waals surface area contributed by atoms with Gasteiger partial charge in [-0.15, -0.1) is 0 Å². The Hall–Kier alpha value is -3.75. The van der Waals surface area contributed by atoms with Crippen molar-refractivity contribution in [2.75, 3.05) is 38.6 Å². The second kappa shape index (κ2) is 12.9. The standard InChI is InChI=1S/C29H38N8O5S/c1-4-42-26-18-31-17-23(34-26)19-5-8-22(33-16-19)21-15-29(27(30)38,11-9-24(21)37(2)13-14-41-3)25-10-12-32-28(35-25)36-43(39,40)20-6-7-20/h5,8,10,12,16-18,20-21,24H,4,6-7,9,11,13-15H2,1-3H3,(H2,30,38)(H,32,35,36). The third-order valence-electron chi connectivity index (χ3n) is 8.29. The number of amides is 1. The normalized spacial score (nSPS) is 22.3. The Morgan fingerprint density at radius 3 is 2.63 bits per heavy atom. The van der Waals surface area contributed by atoms with Crippen molar-refractivity contribution in [2.24, 2.45) is 5.73 Å². The molecule has 3 N–H and O–H groups in total. The molecule has 2 aliphatic carbocycles. The van der Waals surface area contributed by atoms with Gasteiger partial charge in [-0.05, 0) is 64.3 Å². The summed E-state index contributed by atoms with van der Waals surface area (Å²) in [5, 5.41) is -0.436. The van der Waals surface area contributed by atoms with E-state index < -0.39 is 26.6 Å². The molecule has 230 valence electrons. The summed E-state index contributed by atoms with van der Waals surface area (Å²) >= 11 is 0. The molecule has 5 rings (SSSR count). The molecule has 14 heteroatoms. The maximum absolute atomic E-state index is 13.3. The fourth-order valence-electron chi connectivity index (χ4n) is 5.77. The molecule has 43 heavy (non-hydrogen) atoms. The number of aromatic nitrogens is 5. The summed E-state index contributed by atoms with van der Waals surface area (Å²) < 4.78 is 38.4. The Morgan fingerprint density at radius 2 is 1.95 bits per heavy atom. The summed E-state index contributed by atoms with van der Waals surface area (Å²) in [6.45, 7) is 3.62. The minimum Gasteiger partial charge on any atom is -0.477 e. The lowest BCUT2D eigenvalue weighted by Crippen LogP contribution is -2.52. The first kappa shape index (κ1) is 30.7. The van der Waals surface area contributed by atoms with E-state index >= 15 is 0 Å². The average molecular weight is 611 g/mol. The van der Waals surface area contributed by atoms with Gasteiger partial charge >= 0.3 is 0 Å². The fourth-order valence-corrected chi connectivity index (χ4v) is 7.04. The lowest BCUT2D eigenvalue weighted by Gasteiger charge is -2.45. The van der Waals surface area contributed by atoms with Crippen molar-refractivity contribution < 1.29 is 22.7 Å². The van der Waals surface area contributed by atoms with Gasteiger partial charge in [-0.25, -0.2) is 23.4 Å². The van der Waals surface area contributed by atoms with Crippen LogP contribution in [-0.2, 0) is 25.0 Å². The zero-order valence-electron chi connectivity index (χ0n) is 24.6. The van der Waals surface area contributed by atoms with Crippen molar-refractivity contribution in [3.63, 3.8) is 0 Å². The maximum atomic E-state index is 13.3. The van der Waals surface area contributed by atoms with Gasteiger partial charge in [-0.3, -0.25) is 19.5 Å². The van der Waals surface area contributed by atoms with Crippen LogP contribution in [0.2, 0.25) is 0 Å². The van der Waals surface area contributed by atoms with E-state index in [0.29, 0.717) is 69.1 Å². The number of nitrogens with one attached hydrogen (secondary N) is 1. The molecule has 2 aliphatic rings. The SMILES string of the molecule is CCOc1cncc(-c2ccc(C3CC(C(N)=O)(c4ccnc(NS(=O)(=O)C5CC5)n4)CCC3N(C)CCOC)nc2)n1. The number of carbonyl (C=O) groups is 1. The topological polar surface area (TPSA) is 175 Å². The number of pyridine rings is 1. The number of hydrogen-bond acceptors (Lipinski definition) is 11. The Morgan fingerprint density at radius 1 is 1.14 bits per heavy atom. The van der Waals surface area contributed by atoms with Gasteiger partial charge in [0.2, 0.25) is 27.8 Å². The number of rotatable bonds is 13. The highest BCUT2D eigenvalue weighted by Gasteiger charge is 2.49. The van der Waals surface area contributed by atoms with Crippen molar-refractivity contribution in [1.29, 1.82) is 0 Å². The van der Waals surface area contributed by atoms with E-state index in [4.69, 9.17) is 20.2 Å². The van der Waals surface area contributed by atoms with Gasteiger partial charge in [0.05, 0.1) is 47.7 Å². The van der Waals surface area contributed by atoms with Crippen LogP contribution in [0.4, 0.5) is 5.95 Å². The number of anilines is 1. The molecule has 3 aromatic heterocycles. The monoisotopic (exact) mass is 610 g/mol. The fraction of sp³-hybridized carbons (Fsp3) is 0.517. The molecular weight excluding hydrogens is 572 g/mol. The van der Waals surface area contributed by atoms with Crippen molar-refractivity contribution in [1.82, 2.24) is 29.8 Å². The molecule has 2 fully saturated rings. The molecule has 1 amide bonds. The van der Waals surface area contributed by atoms with E-state index in [9.17, 15) is 13.2 Å². The Bertz CT molecular complexity index is 1540. The smallest absolute Gasteiger partial charge is 0.237 e. The Labute approximate surface area is 251 Å². The van der Waals surface area contributed by atoms with Crippen LogP contribution < -0.4 is 15.2 Å². The molecule has 0 spiro atoms. The number of hydrogen-bond donors (Lipinski definition) is 2. The van der Waals surface area contributed by atoms with E-state index in [-0.39, 0.29) is 17.9 Å². The van der Waals surface area contributed by atoms with Gasteiger partial charge < -0.3 is 20.1 Å². The number of sulfonamides is 1. The van der Waals surface area contributed by atoms with Crippen LogP contribution in [0.25, 0.3) is 11.3 Å². The molecule has 0 saturated heterocycles. The molecule has 13 nitrogen and oxygen atoms in total. The molecule has 0 aliphatic heterocycles. The first-order valence-electron chi connectivity index (χ1n) is 14.4. The minimum absolute atomic E-state index is 0.0386. The molecule has 3 unspecified atom stereocenters. The number of nitrogens with two attached hydrogens (primary N) is 1. The number of carbonyl (C=O) groups excluding carboxylic acids is 1. The van der Waals surface area contributed by atoms with Gasteiger partial charge in [0.1, 0.15) is 0 Å². The van der Waals surface area contributed by atoms with Crippen LogP contribution in [0.1, 0.15) is 56.3 Å². The van der Waals surface area contributed by atoms with E-state index in [1.165, 1.54) is 6.20 Å². The van der Waals surface area contributed by atoms with Gasteiger partial charge in [0.15, 0.2) is 0 Å². The zero-order chi connectivity index (χ0) is 30.6. The van der Waals surface area contributed by atoms with Crippen molar-refractivity contribution in [3.8, 4) is 17.1 Å².